The summed E-state index contributed by atoms with van der Waals surface area (Å²) in [5.74, 6) is 0.506. The highest BCUT2D eigenvalue weighted by molar-refractivity contribution is 9.10. The number of alkyl halides is 1. The SMILES string of the molecule is C=C(CCl)c1cc(Br)c(C)s1. The number of allylic oxidation sites excluding steroid dienone is 1. The average molecular weight is 252 g/mol. The molecule has 0 radical (unpaired) electrons. The summed E-state index contributed by atoms with van der Waals surface area (Å²) in [4.78, 5) is 2.44. The van der Waals surface area contributed by atoms with Gasteiger partial charge in [-0.05, 0) is 34.5 Å². The van der Waals surface area contributed by atoms with Crippen molar-refractivity contribution in [2.75, 3.05) is 5.88 Å². The summed E-state index contributed by atoms with van der Waals surface area (Å²) in [6, 6.07) is 2.06. The summed E-state index contributed by atoms with van der Waals surface area (Å²) in [6.45, 7) is 5.92. The molecule has 0 saturated carbocycles. The summed E-state index contributed by atoms with van der Waals surface area (Å²) in [6.07, 6.45) is 0. The Labute approximate surface area is 84.0 Å². The van der Waals surface area contributed by atoms with E-state index in [4.69, 9.17) is 11.6 Å². The minimum atomic E-state index is 0.506. The fraction of sp³-hybridized carbons (Fsp3) is 0.250. The van der Waals surface area contributed by atoms with Crippen LogP contribution in [0.25, 0.3) is 5.57 Å². The van der Waals surface area contributed by atoms with Crippen LogP contribution in [0.1, 0.15) is 9.75 Å². The number of halogens is 2. The van der Waals surface area contributed by atoms with Gasteiger partial charge in [-0.2, -0.15) is 0 Å². The van der Waals surface area contributed by atoms with Crippen LogP contribution in [0.4, 0.5) is 0 Å². The van der Waals surface area contributed by atoms with Crippen molar-refractivity contribution in [2.24, 2.45) is 0 Å². The third-order valence-electron chi connectivity index (χ3n) is 1.37. The van der Waals surface area contributed by atoms with E-state index in [0.29, 0.717) is 5.88 Å². The third-order valence-corrected chi connectivity index (χ3v) is 3.93. The van der Waals surface area contributed by atoms with Crippen LogP contribution in [0.5, 0.6) is 0 Å². The lowest BCUT2D eigenvalue weighted by Gasteiger charge is -1.92. The molecule has 0 nitrogen and oxygen atoms in total. The molecule has 11 heavy (non-hydrogen) atoms. The van der Waals surface area contributed by atoms with Crippen molar-refractivity contribution in [1.82, 2.24) is 0 Å². The molecular formula is C8H8BrClS. The maximum Gasteiger partial charge on any atom is 0.0482 e. The minimum absolute atomic E-state index is 0.506. The zero-order chi connectivity index (χ0) is 8.43. The molecule has 0 atom stereocenters. The minimum Gasteiger partial charge on any atom is -0.140 e. The summed E-state index contributed by atoms with van der Waals surface area (Å²) in [5.41, 5.74) is 0.991. The van der Waals surface area contributed by atoms with Crippen LogP contribution in [0.15, 0.2) is 17.1 Å². The molecule has 0 aliphatic rings. The first-order valence-electron chi connectivity index (χ1n) is 3.15. The number of hydrogen-bond acceptors (Lipinski definition) is 1. The standard InChI is InChI=1S/C8H8BrClS/c1-5(4-10)8-3-7(9)6(2)11-8/h3H,1,4H2,2H3. The van der Waals surface area contributed by atoms with Crippen LogP contribution >= 0.6 is 38.9 Å². The molecule has 3 heteroatoms. The fourth-order valence-corrected chi connectivity index (χ4v) is 2.43. The van der Waals surface area contributed by atoms with Gasteiger partial charge in [-0.25, -0.2) is 0 Å². The topological polar surface area (TPSA) is 0 Å². The molecule has 0 bridgehead atoms. The van der Waals surface area contributed by atoms with Gasteiger partial charge < -0.3 is 0 Å². The molecular weight excluding hydrogens is 244 g/mol. The lowest BCUT2D eigenvalue weighted by molar-refractivity contribution is 1.58. The number of aryl methyl sites for hydroxylation is 1. The Hall–Kier alpha value is 0.210. The largest absolute Gasteiger partial charge is 0.140 e. The molecule has 1 aromatic rings. The highest BCUT2D eigenvalue weighted by Gasteiger charge is 2.04. The van der Waals surface area contributed by atoms with Gasteiger partial charge in [-0.3, -0.25) is 0 Å². The van der Waals surface area contributed by atoms with Crippen LogP contribution in [0, 0.1) is 6.92 Å². The molecule has 0 aliphatic carbocycles. The molecule has 0 fully saturated rings. The Morgan fingerprint density at radius 1 is 1.82 bits per heavy atom. The first-order chi connectivity index (χ1) is 5.15. The summed E-state index contributed by atoms with van der Waals surface area (Å²) >= 11 is 10.8. The molecule has 1 heterocycles. The average Bonchev–Trinajstić information content (AvgIpc) is 2.31. The van der Waals surface area contributed by atoms with Gasteiger partial charge in [-0.15, -0.1) is 22.9 Å². The van der Waals surface area contributed by atoms with Crippen LogP contribution in [-0.4, -0.2) is 5.88 Å². The highest BCUT2D eigenvalue weighted by Crippen LogP contribution is 2.30. The van der Waals surface area contributed by atoms with E-state index in [2.05, 4.69) is 35.5 Å². The summed E-state index contributed by atoms with van der Waals surface area (Å²) in [5, 5.41) is 0. The Morgan fingerprint density at radius 3 is 2.82 bits per heavy atom. The lowest BCUT2D eigenvalue weighted by atomic mass is 10.3. The third kappa shape index (κ3) is 2.08. The van der Waals surface area contributed by atoms with Crippen molar-refractivity contribution in [2.45, 2.75) is 6.92 Å². The van der Waals surface area contributed by atoms with Gasteiger partial charge in [-0.1, -0.05) is 6.58 Å². The molecule has 0 aliphatic heterocycles. The second-order valence-electron chi connectivity index (χ2n) is 2.25. The smallest absolute Gasteiger partial charge is 0.0482 e. The molecule has 0 N–H and O–H groups in total. The van der Waals surface area contributed by atoms with Crippen LogP contribution in [0.2, 0.25) is 0 Å². The van der Waals surface area contributed by atoms with Crippen LogP contribution in [-0.2, 0) is 0 Å². The van der Waals surface area contributed by atoms with E-state index in [1.807, 2.05) is 0 Å². The van der Waals surface area contributed by atoms with Crippen molar-refractivity contribution in [3.05, 3.63) is 26.9 Å². The van der Waals surface area contributed by atoms with E-state index in [0.717, 1.165) is 10.0 Å². The Morgan fingerprint density at radius 2 is 2.45 bits per heavy atom. The van der Waals surface area contributed by atoms with E-state index in [1.54, 1.807) is 11.3 Å². The van der Waals surface area contributed by atoms with Gasteiger partial charge in [0.15, 0.2) is 0 Å². The molecule has 60 valence electrons. The Kier molecular flexibility index (Phi) is 3.16. The predicted molar refractivity (Wildman–Crippen MR) is 56.5 cm³/mol. The molecule has 1 aromatic heterocycles. The van der Waals surface area contributed by atoms with Gasteiger partial charge in [0.05, 0.1) is 0 Å². The highest BCUT2D eigenvalue weighted by atomic mass is 79.9. The van der Waals surface area contributed by atoms with E-state index >= 15 is 0 Å². The summed E-state index contributed by atoms with van der Waals surface area (Å²) in [7, 11) is 0. The first kappa shape index (κ1) is 9.30. The normalized spacial score (nSPS) is 10.1. The molecule has 0 saturated heterocycles. The van der Waals surface area contributed by atoms with Gasteiger partial charge in [0.1, 0.15) is 0 Å². The number of rotatable bonds is 2. The lowest BCUT2D eigenvalue weighted by Crippen LogP contribution is -1.75. The number of thiophene rings is 1. The monoisotopic (exact) mass is 250 g/mol. The predicted octanol–water partition coefficient (Wildman–Crippen LogP) is 4.07. The second kappa shape index (κ2) is 3.74. The van der Waals surface area contributed by atoms with Crippen LogP contribution < -0.4 is 0 Å². The molecule has 0 unspecified atom stereocenters. The van der Waals surface area contributed by atoms with Crippen molar-refractivity contribution in [3.8, 4) is 0 Å². The zero-order valence-corrected chi connectivity index (χ0v) is 9.31. The molecule has 0 aromatic carbocycles. The second-order valence-corrected chi connectivity index (χ2v) is 4.63. The van der Waals surface area contributed by atoms with Crippen LogP contribution in [0.3, 0.4) is 0 Å². The number of hydrogen-bond donors (Lipinski definition) is 0. The van der Waals surface area contributed by atoms with E-state index in [9.17, 15) is 0 Å². The van der Waals surface area contributed by atoms with Crippen molar-refractivity contribution in [1.29, 1.82) is 0 Å². The van der Waals surface area contributed by atoms with E-state index in [-0.39, 0.29) is 0 Å². The zero-order valence-electron chi connectivity index (χ0n) is 6.16. The maximum atomic E-state index is 5.64. The van der Waals surface area contributed by atoms with Gasteiger partial charge in [0.25, 0.3) is 0 Å². The van der Waals surface area contributed by atoms with Gasteiger partial charge in [0.2, 0.25) is 0 Å². The van der Waals surface area contributed by atoms with E-state index in [1.165, 1.54) is 9.75 Å². The van der Waals surface area contributed by atoms with Crippen molar-refractivity contribution < 1.29 is 0 Å². The van der Waals surface area contributed by atoms with Gasteiger partial charge in [0, 0.05) is 20.1 Å². The first-order valence-corrected chi connectivity index (χ1v) is 5.29. The van der Waals surface area contributed by atoms with Gasteiger partial charge >= 0.3 is 0 Å². The quantitative estimate of drug-likeness (QED) is 0.695. The maximum absolute atomic E-state index is 5.64. The van der Waals surface area contributed by atoms with Crippen molar-refractivity contribution in [3.63, 3.8) is 0 Å². The molecule has 0 amide bonds. The molecule has 0 spiro atoms. The Bertz CT molecular complexity index is 258. The van der Waals surface area contributed by atoms with E-state index < -0.39 is 0 Å². The van der Waals surface area contributed by atoms with Crippen molar-refractivity contribution >= 4 is 44.4 Å². The Balaban J connectivity index is 2.97. The fourth-order valence-electron chi connectivity index (χ4n) is 0.700. The molecule has 1 rings (SSSR count). The summed E-state index contributed by atoms with van der Waals surface area (Å²) < 4.78 is 1.14.